The molecule has 0 spiro atoms. The molecule has 0 aliphatic rings. The van der Waals surface area contributed by atoms with E-state index in [-0.39, 0.29) is 11.9 Å². The number of hydrogen-bond donors (Lipinski definition) is 0. The molecule has 0 aromatic carbocycles. The van der Waals surface area contributed by atoms with E-state index < -0.39 is 0 Å². The standard InChI is InChI=1S/C17H23N3OS/c1-5-13(4)20(11-15-12(3)7-8-22-15)17(21)14-9-18-16(6-2)19-10-14/h7-10,13H,5-6,11H2,1-4H3/t13-/m1/s1. The topological polar surface area (TPSA) is 46.1 Å². The molecular weight excluding hydrogens is 294 g/mol. The first-order valence-corrected chi connectivity index (χ1v) is 8.59. The number of thiophene rings is 1. The van der Waals surface area contributed by atoms with E-state index in [0.717, 1.165) is 18.7 Å². The summed E-state index contributed by atoms with van der Waals surface area (Å²) < 4.78 is 0. The average molecular weight is 317 g/mol. The van der Waals surface area contributed by atoms with Crippen molar-refractivity contribution in [2.24, 2.45) is 0 Å². The molecule has 0 aliphatic carbocycles. The molecule has 0 fully saturated rings. The summed E-state index contributed by atoms with van der Waals surface area (Å²) in [6.45, 7) is 8.92. The lowest BCUT2D eigenvalue weighted by atomic mass is 10.1. The molecule has 0 bridgehead atoms. The molecule has 2 rings (SSSR count). The minimum atomic E-state index is 0.00445. The van der Waals surface area contributed by atoms with E-state index in [0.29, 0.717) is 12.1 Å². The monoisotopic (exact) mass is 317 g/mol. The number of carbonyl (C=O) groups is 1. The maximum absolute atomic E-state index is 12.8. The molecule has 1 atom stereocenters. The molecule has 22 heavy (non-hydrogen) atoms. The first-order chi connectivity index (χ1) is 10.6. The second-order valence-electron chi connectivity index (χ2n) is 5.46. The average Bonchev–Trinajstić information content (AvgIpc) is 2.96. The van der Waals surface area contributed by atoms with Crippen LogP contribution >= 0.6 is 11.3 Å². The van der Waals surface area contributed by atoms with Crippen molar-refractivity contribution < 1.29 is 4.79 Å². The molecular formula is C17H23N3OS. The molecule has 4 nitrogen and oxygen atoms in total. The van der Waals surface area contributed by atoms with Crippen molar-refractivity contribution in [2.75, 3.05) is 0 Å². The SMILES string of the molecule is CCc1ncc(C(=O)N(Cc2sccc2C)[C@H](C)CC)cn1. The highest BCUT2D eigenvalue weighted by molar-refractivity contribution is 7.10. The summed E-state index contributed by atoms with van der Waals surface area (Å²) in [5.74, 6) is 0.769. The lowest BCUT2D eigenvalue weighted by molar-refractivity contribution is 0.0672. The van der Waals surface area contributed by atoms with Gasteiger partial charge < -0.3 is 4.90 Å². The van der Waals surface area contributed by atoms with Gasteiger partial charge in [0, 0.05) is 29.7 Å². The van der Waals surface area contributed by atoms with E-state index in [1.807, 2.05) is 11.8 Å². The first-order valence-electron chi connectivity index (χ1n) is 7.71. The highest BCUT2D eigenvalue weighted by atomic mass is 32.1. The Morgan fingerprint density at radius 2 is 2.00 bits per heavy atom. The van der Waals surface area contributed by atoms with Crippen LogP contribution < -0.4 is 0 Å². The number of aromatic nitrogens is 2. The molecule has 0 unspecified atom stereocenters. The van der Waals surface area contributed by atoms with Crippen LogP contribution in [0.2, 0.25) is 0 Å². The van der Waals surface area contributed by atoms with Crippen LogP contribution in [0.1, 0.15) is 53.8 Å². The molecule has 2 aromatic rings. The normalized spacial score (nSPS) is 12.2. The smallest absolute Gasteiger partial charge is 0.257 e. The van der Waals surface area contributed by atoms with E-state index in [4.69, 9.17) is 0 Å². The number of hydrogen-bond acceptors (Lipinski definition) is 4. The molecule has 118 valence electrons. The van der Waals surface area contributed by atoms with Crippen LogP contribution in [0.4, 0.5) is 0 Å². The molecule has 2 aromatic heterocycles. The molecule has 1 amide bonds. The van der Waals surface area contributed by atoms with Crippen LogP contribution in [-0.4, -0.2) is 26.8 Å². The van der Waals surface area contributed by atoms with Gasteiger partial charge in [0.25, 0.3) is 5.91 Å². The van der Waals surface area contributed by atoms with Crippen LogP contribution in [0.25, 0.3) is 0 Å². The Morgan fingerprint density at radius 3 is 2.50 bits per heavy atom. The minimum Gasteiger partial charge on any atom is -0.331 e. The van der Waals surface area contributed by atoms with Crippen molar-refractivity contribution >= 4 is 17.2 Å². The number of nitrogens with zero attached hydrogens (tertiary/aromatic N) is 3. The molecule has 2 heterocycles. The fourth-order valence-electron chi connectivity index (χ4n) is 2.18. The summed E-state index contributed by atoms with van der Waals surface area (Å²) in [7, 11) is 0. The minimum absolute atomic E-state index is 0.00445. The van der Waals surface area contributed by atoms with Crippen molar-refractivity contribution in [3.63, 3.8) is 0 Å². The van der Waals surface area contributed by atoms with Gasteiger partial charge in [0.05, 0.1) is 12.1 Å². The zero-order chi connectivity index (χ0) is 16.1. The maximum Gasteiger partial charge on any atom is 0.257 e. The van der Waals surface area contributed by atoms with Gasteiger partial charge in [-0.1, -0.05) is 13.8 Å². The first kappa shape index (κ1) is 16.6. The fourth-order valence-corrected chi connectivity index (χ4v) is 3.09. The largest absolute Gasteiger partial charge is 0.331 e. The van der Waals surface area contributed by atoms with E-state index >= 15 is 0 Å². The van der Waals surface area contributed by atoms with Crippen LogP contribution in [0, 0.1) is 6.92 Å². The highest BCUT2D eigenvalue weighted by Gasteiger charge is 2.22. The Balaban J connectivity index is 2.23. The van der Waals surface area contributed by atoms with Gasteiger partial charge in [0.2, 0.25) is 0 Å². The second kappa shape index (κ2) is 7.49. The molecule has 0 N–H and O–H groups in total. The van der Waals surface area contributed by atoms with E-state index in [9.17, 15) is 4.79 Å². The predicted octanol–water partition coefficient (Wildman–Crippen LogP) is 3.85. The summed E-state index contributed by atoms with van der Waals surface area (Å²) in [4.78, 5) is 24.5. The Labute approximate surface area is 136 Å². The quantitative estimate of drug-likeness (QED) is 0.813. The second-order valence-corrected chi connectivity index (χ2v) is 6.46. The third-order valence-corrected chi connectivity index (χ3v) is 4.94. The third-order valence-electron chi connectivity index (χ3n) is 3.93. The highest BCUT2D eigenvalue weighted by Crippen LogP contribution is 2.21. The fraction of sp³-hybridized carbons (Fsp3) is 0.471. The molecule has 0 aliphatic heterocycles. The Kier molecular flexibility index (Phi) is 5.66. The molecule has 5 heteroatoms. The zero-order valence-electron chi connectivity index (χ0n) is 13.7. The number of aryl methyl sites for hydroxylation is 2. The van der Waals surface area contributed by atoms with Crippen molar-refractivity contribution in [3.05, 3.63) is 45.7 Å². The number of rotatable bonds is 6. The Bertz CT molecular complexity index is 621. The van der Waals surface area contributed by atoms with Gasteiger partial charge >= 0.3 is 0 Å². The van der Waals surface area contributed by atoms with Gasteiger partial charge in [0.1, 0.15) is 5.82 Å². The summed E-state index contributed by atoms with van der Waals surface area (Å²) in [5.41, 5.74) is 1.80. The Hall–Kier alpha value is -1.75. The molecule has 0 saturated heterocycles. The summed E-state index contributed by atoms with van der Waals surface area (Å²) in [5, 5.41) is 2.07. The van der Waals surface area contributed by atoms with Crippen LogP contribution in [0.5, 0.6) is 0 Å². The van der Waals surface area contributed by atoms with E-state index in [1.165, 1.54) is 10.4 Å². The summed E-state index contributed by atoms with van der Waals surface area (Å²) in [6, 6.07) is 2.28. The van der Waals surface area contributed by atoms with Gasteiger partial charge in [0.15, 0.2) is 0 Å². The Morgan fingerprint density at radius 1 is 1.32 bits per heavy atom. The van der Waals surface area contributed by atoms with Crippen molar-refractivity contribution in [1.29, 1.82) is 0 Å². The van der Waals surface area contributed by atoms with Gasteiger partial charge in [-0.05, 0) is 37.3 Å². The van der Waals surface area contributed by atoms with Gasteiger partial charge in [-0.3, -0.25) is 4.79 Å². The van der Waals surface area contributed by atoms with Gasteiger partial charge in [-0.15, -0.1) is 11.3 Å². The van der Waals surface area contributed by atoms with Crippen LogP contribution in [0.15, 0.2) is 23.8 Å². The zero-order valence-corrected chi connectivity index (χ0v) is 14.5. The van der Waals surface area contributed by atoms with Crippen LogP contribution in [-0.2, 0) is 13.0 Å². The van der Waals surface area contributed by atoms with Crippen LogP contribution in [0.3, 0.4) is 0 Å². The number of carbonyl (C=O) groups excluding carboxylic acids is 1. The number of amides is 1. The lowest BCUT2D eigenvalue weighted by Gasteiger charge is -2.28. The maximum atomic E-state index is 12.8. The van der Waals surface area contributed by atoms with E-state index in [2.05, 4.69) is 42.2 Å². The van der Waals surface area contributed by atoms with Crippen molar-refractivity contribution in [2.45, 2.75) is 53.1 Å². The van der Waals surface area contributed by atoms with Gasteiger partial charge in [-0.25, -0.2) is 9.97 Å². The predicted molar refractivity (Wildman–Crippen MR) is 90.1 cm³/mol. The van der Waals surface area contributed by atoms with E-state index in [1.54, 1.807) is 23.7 Å². The molecule has 0 radical (unpaired) electrons. The third kappa shape index (κ3) is 3.71. The van der Waals surface area contributed by atoms with Crippen molar-refractivity contribution in [1.82, 2.24) is 14.9 Å². The lowest BCUT2D eigenvalue weighted by Crippen LogP contribution is -2.37. The summed E-state index contributed by atoms with van der Waals surface area (Å²) >= 11 is 1.70. The molecule has 0 saturated carbocycles. The van der Waals surface area contributed by atoms with Crippen molar-refractivity contribution in [3.8, 4) is 0 Å². The summed E-state index contributed by atoms with van der Waals surface area (Å²) in [6.07, 6.45) is 4.98. The van der Waals surface area contributed by atoms with Gasteiger partial charge in [-0.2, -0.15) is 0 Å².